The molecule has 3 nitrogen and oxygen atoms in total. The van der Waals surface area contributed by atoms with E-state index in [9.17, 15) is 9.59 Å². The zero-order valence-corrected chi connectivity index (χ0v) is 21.8. The van der Waals surface area contributed by atoms with E-state index in [2.05, 4.69) is 58.9 Å². The molecule has 2 aliphatic rings. The fraction of sp³-hybridized carbons (Fsp3) is 0.484. The topological polar surface area (TPSA) is 46.7 Å². The standard InChI is InChI=1S/C31H40O3/c1-22(2)12-9-13-23(3)14-10-15-24(4)16-11-17-25(5)20-21-31-29(33)27-19-8-7-18-26(27)28(32)30(31,6)34-31/h7-8,12,14,16,18-20H,9-11,13,15,17,21H2,1-6H3. The lowest BCUT2D eigenvalue weighted by Gasteiger charge is -2.22. The summed E-state index contributed by atoms with van der Waals surface area (Å²) in [6, 6.07) is 7.07. The van der Waals surface area contributed by atoms with Crippen LogP contribution in [0.5, 0.6) is 0 Å². The summed E-state index contributed by atoms with van der Waals surface area (Å²) in [5.74, 6) is -0.136. The predicted molar refractivity (Wildman–Crippen MR) is 140 cm³/mol. The fourth-order valence-electron chi connectivity index (χ4n) is 4.80. The highest BCUT2D eigenvalue weighted by Crippen LogP contribution is 2.57. The van der Waals surface area contributed by atoms with Gasteiger partial charge in [-0.05, 0) is 80.1 Å². The van der Waals surface area contributed by atoms with Crippen LogP contribution in [0.25, 0.3) is 0 Å². The lowest BCUT2D eigenvalue weighted by molar-refractivity contribution is 0.0847. The molecule has 0 spiro atoms. The van der Waals surface area contributed by atoms with Crippen LogP contribution in [-0.2, 0) is 4.74 Å². The first-order chi connectivity index (χ1) is 16.1. The van der Waals surface area contributed by atoms with Crippen LogP contribution in [0.15, 0.2) is 70.9 Å². The van der Waals surface area contributed by atoms with Crippen molar-refractivity contribution < 1.29 is 14.3 Å². The SMILES string of the molecule is CC(C)=CCCC(C)=CCCC(C)=CCCC(C)=CCC12OC1(C)C(=O)c1ccccc1C2=O. The molecule has 3 heteroatoms. The third kappa shape index (κ3) is 5.58. The second kappa shape index (κ2) is 10.8. The normalized spacial score (nSPS) is 24.6. The number of epoxide rings is 1. The molecule has 2 atom stereocenters. The van der Waals surface area contributed by atoms with Gasteiger partial charge in [0.25, 0.3) is 0 Å². The maximum absolute atomic E-state index is 13.2. The monoisotopic (exact) mass is 460 g/mol. The Kier molecular flexibility index (Phi) is 8.30. The number of carbonyl (C=O) groups is 2. The maximum Gasteiger partial charge on any atom is 0.199 e. The molecule has 1 aliphatic heterocycles. The summed E-state index contributed by atoms with van der Waals surface area (Å²) in [4.78, 5) is 26.1. The van der Waals surface area contributed by atoms with Gasteiger partial charge in [-0.25, -0.2) is 0 Å². The van der Waals surface area contributed by atoms with Crippen molar-refractivity contribution in [3.8, 4) is 0 Å². The fourth-order valence-corrected chi connectivity index (χ4v) is 4.80. The van der Waals surface area contributed by atoms with Crippen molar-refractivity contribution in [3.63, 3.8) is 0 Å². The maximum atomic E-state index is 13.2. The first-order valence-corrected chi connectivity index (χ1v) is 12.6. The molecule has 0 aromatic heterocycles. The van der Waals surface area contributed by atoms with E-state index >= 15 is 0 Å². The van der Waals surface area contributed by atoms with Crippen molar-refractivity contribution in [3.05, 3.63) is 82.0 Å². The predicted octanol–water partition coefficient (Wildman–Crippen LogP) is 8.13. The third-order valence-corrected chi connectivity index (χ3v) is 7.22. The van der Waals surface area contributed by atoms with Crippen molar-refractivity contribution in [2.24, 2.45) is 0 Å². The Morgan fingerprint density at radius 1 is 0.735 bits per heavy atom. The summed E-state index contributed by atoms with van der Waals surface area (Å²) < 4.78 is 5.89. The zero-order valence-electron chi connectivity index (χ0n) is 21.8. The number of Topliss-reactive ketones (excluding diaryl/α,β-unsaturated/α-hetero) is 2. The van der Waals surface area contributed by atoms with Gasteiger partial charge in [0, 0.05) is 17.5 Å². The number of benzene rings is 1. The molecule has 34 heavy (non-hydrogen) atoms. The van der Waals surface area contributed by atoms with E-state index in [0.29, 0.717) is 17.5 Å². The molecule has 0 saturated carbocycles. The molecule has 1 saturated heterocycles. The van der Waals surface area contributed by atoms with Crippen LogP contribution in [0.2, 0.25) is 0 Å². The zero-order chi connectivity index (χ0) is 24.9. The van der Waals surface area contributed by atoms with E-state index in [0.717, 1.165) is 38.5 Å². The highest BCUT2D eigenvalue weighted by molar-refractivity contribution is 6.25. The molecule has 1 aromatic rings. The first kappa shape index (κ1) is 26.1. The van der Waals surface area contributed by atoms with Crippen LogP contribution in [0.4, 0.5) is 0 Å². The van der Waals surface area contributed by atoms with Crippen LogP contribution in [-0.4, -0.2) is 22.8 Å². The lowest BCUT2D eigenvalue weighted by Crippen LogP contribution is -2.43. The van der Waals surface area contributed by atoms with E-state index in [1.165, 1.54) is 22.3 Å². The summed E-state index contributed by atoms with van der Waals surface area (Å²) in [7, 11) is 0. The summed E-state index contributed by atoms with van der Waals surface area (Å²) in [5.41, 5.74) is 4.43. The van der Waals surface area contributed by atoms with Gasteiger partial charge < -0.3 is 4.74 Å². The summed E-state index contributed by atoms with van der Waals surface area (Å²) in [6.45, 7) is 12.6. The number of fused-ring (bicyclic) bond motifs is 2. The molecule has 1 heterocycles. The molecular formula is C31H40O3. The highest BCUT2D eigenvalue weighted by Gasteiger charge is 2.77. The molecule has 2 unspecified atom stereocenters. The number of hydrogen-bond acceptors (Lipinski definition) is 3. The van der Waals surface area contributed by atoms with Gasteiger partial charge in [0.1, 0.15) is 0 Å². The number of ether oxygens (including phenoxy) is 1. The average Bonchev–Trinajstić information content (AvgIpc) is 3.43. The van der Waals surface area contributed by atoms with Crippen molar-refractivity contribution in [2.45, 2.75) is 97.7 Å². The smallest absolute Gasteiger partial charge is 0.199 e. The van der Waals surface area contributed by atoms with Crippen molar-refractivity contribution >= 4 is 11.6 Å². The van der Waals surface area contributed by atoms with Crippen LogP contribution in [0.1, 0.15) is 107 Å². The van der Waals surface area contributed by atoms with Gasteiger partial charge in [0.15, 0.2) is 22.8 Å². The molecule has 1 fully saturated rings. The van der Waals surface area contributed by atoms with E-state index < -0.39 is 11.2 Å². The lowest BCUT2D eigenvalue weighted by atomic mass is 9.73. The molecular weight excluding hydrogens is 420 g/mol. The molecule has 0 radical (unpaired) electrons. The van der Waals surface area contributed by atoms with E-state index in [1.807, 2.05) is 0 Å². The number of ketones is 2. The molecule has 1 aliphatic carbocycles. The number of allylic oxidation sites excluding steroid dienone is 7. The van der Waals surface area contributed by atoms with Gasteiger partial charge in [0.2, 0.25) is 0 Å². The third-order valence-electron chi connectivity index (χ3n) is 7.22. The summed E-state index contributed by atoms with van der Waals surface area (Å²) in [5, 5.41) is 0. The van der Waals surface area contributed by atoms with Gasteiger partial charge in [0.05, 0.1) is 0 Å². The van der Waals surface area contributed by atoms with Gasteiger partial charge >= 0.3 is 0 Å². The van der Waals surface area contributed by atoms with Crippen molar-refractivity contribution in [1.29, 1.82) is 0 Å². The van der Waals surface area contributed by atoms with Gasteiger partial charge in [-0.2, -0.15) is 0 Å². The Labute approximate surface area is 205 Å². The van der Waals surface area contributed by atoms with Gasteiger partial charge in [-0.3, -0.25) is 9.59 Å². The van der Waals surface area contributed by atoms with E-state index in [-0.39, 0.29) is 11.6 Å². The minimum absolute atomic E-state index is 0.0609. The summed E-state index contributed by atoms with van der Waals surface area (Å²) >= 11 is 0. The first-order valence-electron chi connectivity index (χ1n) is 12.6. The highest BCUT2D eigenvalue weighted by atomic mass is 16.6. The number of hydrogen-bond donors (Lipinski definition) is 0. The summed E-state index contributed by atoms with van der Waals surface area (Å²) in [6.07, 6.45) is 15.9. The quantitative estimate of drug-likeness (QED) is 0.247. The minimum atomic E-state index is -1.03. The Bertz CT molecular complexity index is 1060. The molecule has 182 valence electrons. The van der Waals surface area contributed by atoms with Crippen LogP contribution in [0.3, 0.4) is 0 Å². The number of rotatable bonds is 11. The van der Waals surface area contributed by atoms with Crippen LogP contribution in [0, 0.1) is 0 Å². The molecule has 0 amide bonds. The largest absolute Gasteiger partial charge is 0.345 e. The second-order valence-electron chi connectivity index (χ2n) is 10.4. The van der Waals surface area contributed by atoms with Gasteiger partial charge in [-0.15, -0.1) is 0 Å². The van der Waals surface area contributed by atoms with E-state index in [1.54, 1.807) is 31.2 Å². The Morgan fingerprint density at radius 3 is 1.74 bits per heavy atom. The molecule has 0 bridgehead atoms. The van der Waals surface area contributed by atoms with Crippen molar-refractivity contribution in [1.82, 2.24) is 0 Å². The van der Waals surface area contributed by atoms with E-state index in [4.69, 9.17) is 4.74 Å². The molecule has 0 N–H and O–H groups in total. The average molecular weight is 461 g/mol. The Hall–Kier alpha value is -2.52. The van der Waals surface area contributed by atoms with Crippen molar-refractivity contribution in [2.75, 3.05) is 0 Å². The molecule has 1 aromatic carbocycles. The van der Waals surface area contributed by atoms with Gasteiger partial charge in [-0.1, -0.05) is 70.9 Å². The van der Waals surface area contributed by atoms with Crippen LogP contribution < -0.4 is 0 Å². The second-order valence-corrected chi connectivity index (χ2v) is 10.4. The molecule has 3 rings (SSSR count). The Balaban J connectivity index is 1.48. The number of carbonyl (C=O) groups excluding carboxylic acids is 2. The Morgan fingerprint density at radius 2 is 1.21 bits per heavy atom. The minimum Gasteiger partial charge on any atom is -0.345 e. The van der Waals surface area contributed by atoms with Crippen LogP contribution >= 0.6 is 0 Å².